The number of carbonyl (C=O) groups is 1. The Hall–Kier alpha value is -1.13. The van der Waals surface area contributed by atoms with Crippen LogP contribution < -0.4 is 15.8 Å². The van der Waals surface area contributed by atoms with Gasteiger partial charge in [-0.1, -0.05) is 0 Å². The van der Waals surface area contributed by atoms with Crippen LogP contribution in [-0.4, -0.2) is 17.0 Å². The highest BCUT2D eigenvalue weighted by Gasteiger charge is 2.52. The van der Waals surface area contributed by atoms with E-state index in [1.54, 1.807) is 24.3 Å². The number of halogens is 2. The largest absolute Gasteiger partial charge is 0.493 e. The van der Waals surface area contributed by atoms with Crippen molar-refractivity contribution < 1.29 is 9.53 Å². The van der Waals surface area contributed by atoms with Gasteiger partial charge in [0.25, 0.3) is 0 Å². The van der Waals surface area contributed by atoms with Crippen molar-refractivity contribution in [2.24, 2.45) is 11.7 Å². The number of amides is 2. The number of hydrogen-bond acceptors (Lipinski definition) is 2. The summed E-state index contributed by atoms with van der Waals surface area (Å²) in [6.07, 6.45) is 0.761. The monoisotopic (exact) mass is 274 g/mol. The first-order valence-corrected chi connectivity index (χ1v) is 5.90. The van der Waals surface area contributed by atoms with Crippen molar-refractivity contribution in [1.29, 1.82) is 0 Å². The molecule has 2 rings (SSSR count). The number of anilines is 1. The molecule has 0 heterocycles. The van der Waals surface area contributed by atoms with Crippen molar-refractivity contribution in [3.8, 4) is 5.75 Å². The summed E-state index contributed by atoms with van der Waals surface area (Å²) < 4.78 is 4.90. The van der Waals surface area contributed by atoms with E-state index in [1.165, 1.54) is 0 Å². The Morgan fingerprint density at radius 2 is 2.06 bits per heavy atom. The summed E-state index contributed by atoms with van der Waals surface area (Å²) in [5.74, 6) is 0.894. The highest BCUT2D eigenvalue weighted by molar-refractivity contribution is 6.50. The van der Waals surface area contributed by atoms with Gasteiger partial charge in [0, 0.05) is 11.6 Å². The minimum Gasteiger partial charge on any atom is -0.493 e. The van der Waals surface area contributed by atoms with Gasteiger partial charge in [-0.05, 0) is 30.7 Å². The molecule has 1 aromatic rings. The van der Waals surface area contributed by atoms with Crippen LogP contribution in [0.25, 0.3) is 0 Å². The van der Waals surface area contributed by atoms with Gasteiger partial charge in [0.05, 0.1) is 6.61 Å². The molecule has 1 atom stereocenters. The van der Waals surface area contributed by atoms with E-state index in [9.17, 15) is 4.79 Å². The molecular formula is C11H12Cl2N2O2. The molecule has 17 heavy (non-hydrogen) atoms. The first-order chi connectivity index (χ1) is 7.97. The second-order valence-corrected chi connectivity index (χ2v) is 5.53. The number of ether oxygens (including phenoxy) is 1. The molecule has 2 amide bonds. The lowest BCUT2D eigenvalue weighted by atomic mass is 10.3. The Labute approximate surface area is 109 Å². The standard InChI is InChI=1S/C11H12Cl2N2O2/c12-11(13)5-7(11)6-17-9-3-1-8(2-4-9)15-10(14)16/h1-4,7H,5-6H2,(H3,14,15,16). The lowest BCUT2D eigenvalue weighted by Gasteiger charge is -2.07. The predicted octanol–water partition coefficient (Wildman–Crippen LogP) is 2.75. The molecule has 0 spiro atoms. The third-order valence-corrected chi connectivity index (χ3v) is 3.45. The Balaban J connectivity index is 1.84. The maximum atomic E-state index is 10.6. The van der Waals surface area contributed by atoms with Crippen molar-refractivity contribution in [2.75, 3.05) is 11.9 Å². The third kappa shape index (κ3) is 3.41. The summed E-state index contributed by atoms with van der Waals surface area (Å²) in [5, 5.41) is 2.46. The summed E-state index contributed by atoms with van der Waals surface area (Å²) in [6.45, 7) is 0.496. The number of alkyl halides is 2. The molecule has 1 fully saturated rings. The van der Waals surface area contributed by atoms with E-state index < -0.39 is 10.4 Å². The maximum absolute atomic E-state index is 10.6. The van der Waals surface area contributed by atoms with Crippen LogP contribution in [0.15, 0.2) is 24.3 Å². The maximum Gasteiger partial charge on any atom is 0.316 e. The van der Waals surface area contributed by atoms with Crippen LogP contribution in [0.1, 0.15) is 6.42 Å². The van der Waals surface area contributed by atoms with Crippen LogP contribution in [0.3, 0.4) is 0 Å². The molecule has 1 aromatic carbocycles. The summed E-state index contributed by atoms with van der Waals surface area (Å²) in [7, 11) is 0. The quantitative estimate of drug-likeness (QED) is 0.830. The fourth-order valence-corrected chi connectivity index (χ4v) is 1.92. The lowest BCUT2D eigenvalue weighted by molar-refractivity contribution is 0.259. The number of benzene rings is 1. The lowest BCUT2D eigenvalue weighted by Crippen LogP contribution is -2.19. The van der Waals surface area contributed by atoms with E-state index in [-0.39, 0.29) is 5.92 Å². The van der Waals surface area contributed by atoms with Crippen LogP contribution in [0.4, 0.5) is 10.5 Å². The van der Waals surface area contributed by atoms with Crippen molar-refractivity contribution in [2.45, 2.75) is 10.8 Å². The Bertz CT molecular complexity index is 420. The molecule has 0 saturated heterocycles. The average molecular weight is 275 g/mol. The van der Waals surface area contributed by atoms with Crippen LogP contribution in [-0.2, 0) is 0 Å². The van der Waals surface area contributed by atoms with E-state index in [0.717, 1.165) is 6.42 Å². The van der Waals surface area contributed by atoms with Gasteiger partial charge in [-0.2, -0.15) is 0 Å². The van der Waals surface area contributed by atoms with Crippen LogP contribution in [0, 0.1) is 5.92 Å². The highest BCUT2D eigenvalue weighted by atomic mass is 35.5. The number of nitrogens with two attached hydrogens (primary N) is 1. The second-order valence-electron chi connectivity index (χ2n) is 3.99. The van der Waals surface area contributed by atoms with Crippen LogP contribution in [0.2, 0.25) is 0 Å². The zero-order chi connectivity index (χ0) is 12.5. The smallest absolute Gasteiger partial charge is 0.316 e. The number of primary amides is 1. The van der Waals surface area contributed by atoms with E-state index >= 15 is 0 Å². The SMILES string of the molecule is NC(=O)Nc1ccc(OCC2CC2(Cl)Cl)cc1. The minimum absolute atomic E-state index is 0.189. The fraction of sp³-hybridized carbons (Fsp3) is 0.364. The van der Waals surface area contributed by atoms with Gasteiger partial charge in [-0.3, -0.25) is 0 Å². The zero-order valence-corrected chi connectivity index (χ0v) is 10.5. The minimum atomic E-state index is -0.618. The molecule has 0 aliphatic heterocycles. The first-order valence-electron chi connectivity index (χ1n) is 5.14. The van der Waals surface area contributed by atoms with Gasteiger partial charge in [0.1, 0.15) is 10.1 Å². The molecule has 1 aliphatic rings. The van der Waals surface area contributed by atoms with Gasteiger partial charge >= 0.3 is 6.03 Å². The van der Waals surface area contributed by atoms with Crippen molar-refractivity contribution in [3.63, 3.8) is 0 Å². The molecule has 92 valence electrons. The number of hydrogen-bond donors (Lipinski definition) is 2. The van der Waals surface area contributed by atoms with Gasteiger partial charge in [-0.25, -0.2) is 4.79 Å². The number of carbonyl (C=O) groups excluding carboxylic acids is 1. The van der Waals surface area contributed by atoms with Gasteiger partial charge in [0.2, 0.25) is 0 Å². The summed E-state index contributed by atoms with van der Waals surface area (Å²) in [5.41, 5.74) is 5.61. The fourth-order valence-electron chi connectivity index (χ4n) is 1.42. The third-order valence-electron chi connectivity index (χ3n) is 2.53. The van der Waals surface area contributed by atoms with Crippen molar-refractivity contribution in [1.82, 2.24) is 0 Å². The molecule has 1 unspecified atom stereocenters. The normalized spacial score (nSPS) is 20.7. The molecule has 0 aromatic heterocycles. The second kappa shape index (κ2) is 4.63. The molecule has 6 heteroatoms. The topological polar surface area (TPSA) is 64.4 Å². The zero-order valence-electron chi connectivity index (χ0n) is 8.95. The molecule has 0 bridgehead atoms. The number of nitrogens with one attached hydrogen (secondary N) is 1. The summed E-state index contributed by atoms with van der Waals surface area (Å²) in [4.78, 5) is 10.6. The van der Waals surface area contributed by atoms with E-state index in [2.05, 4.69) is 5.32 Å². The number of urea groups is 1. The average Bonchev–Trinajstić information content (AvgIpc) is 2.85. The van der Waals surface area contributed by atoms with E-state index in [4.69, 9.17) is 33.7 Å². The molecular weight excluding hydrogens is 263 g/mol. The van der Waals surface area contributed by atoms with Crippen molar-refractivity contribution in [3.05, 3.63) is 24.3 Å². The van der Waals surface area contributed by atoms with E-state index in [0.29, 0.717) is 18.0 Å². The van der Waals surface area contributed by atoms with Gasteiger partial charge in [-0.15, -0.1) is 23.2 Å². The molecule has 4 nitrogen and oxygen atoms in total. The molecule has 1 aliphatic carbocycles. The predicted molar refractivity (Wildman–Crippen MR) is 67.7 cm³/mol. The molecule has 1 saturated carbocycles. The van der Waals surface area contributed by atoms with Crippen molar-refractivity contribution >= 4 is 34.9 Å². The molecule has 0 radical (unpaired) electrons. The Morgan fingerprint density at radius 1 is 1.47 bits per heavy atom. The molecule has 3 N–H and O–H groups in total. The highest BCUT2D eigenvalue weighted by Crippen LogP contribution is 2.53. The first kappa shape index (κ1) is 12.3. The van der Waals surface area contributed by atoms with Crippen LogP contribution in [0.5, 0.6) is 5.75 Å². The Morgan fingerprint density at radius 3 is 2.53 bits per heavy atom. The van der Waals surface area contributed by atoms with E-state index in [1.807, 2.05) is 0 Å². The number of rotatable bonds is 4. The van der Waals surface area contributed by atoms with Gasteiger partial charge in [0.15, 0.2) is 0 Å². The Kier molecular flexibility index (Phi) is 3.35. The summed E-state index contributed by atoms with van der Waals surface area (Å²) in [6, 6.07) is 6.32. The summed E-state index contributed by atoms with van der Waals surface area (Å²) >= 11 is 11.8. The van der Waals surface area contributed by atoms with Crippen LogP contribution >= 0.6 is 23.2 Å². The van der Waals surface area contributed by atoms with Gasteiger partial charge < -0.3 is 15.8 Å².